The Morgan fingerprint density at radius 3 is 3.00 bits per heavy atom. The molecule has 0 amide bonds. The number of anilines is 1. The highest BCUT2D eigenvalue weighted by atomic mass is 35.5. The van der Waals surface area contributed by atoms with Crippen LogP contribution in [-0.4, -0.2) is 9.97 Å². The van der Waals surface area contributed by atoms with E-state index in [1.165, 1.54) is 6.07 Å². The summed E-state index contributed by atoms with van der Waals surface area (Å²) in [6.45, 7) is 0. The zero-order chi connectivity index (χ0) is 14.1. The minimum absolute atomic E-state index is 0.108. The van der Waals surface area contributed by atoms with Crippen molar-refractivity contribution in [2.24, 2.45) is 5.84 Å². The van der Waals surface area contributed by atoms with Crippen molar-refractivity contribution < 1.29 is 4.39 Å². The van der Waals surface area contributed by atoms with E-state index in [0.29, 0.717) is 23.6 Å². The number of nitrogen functional groups attached to an aromatic ring is 1. The number of halogens is 2. The highest BCUT2D eigenvalue weighted by Crippen LogP contribution is 2.32. The van der Waals surface area contributed by atoms with Gasteiger partial charge in [-0.25, -0.2) is 20.2 Å². The second kappa shape index (κ2) is 5.55. The number of nitrogens with zero attached hydrogens (tertiary/aromatic N) is 2. The summed E-state index contributed by atoms with van der Waals surface area (Å²) in [5, 5.41) is 0.108. The Bertz CT molecular complexity index is 665. The van der Waals surface area contributed by atoms with Gasteiger partial charge in [0.25, 0.3) is 0 Å². The maximum absolute atomic E-state index is 13.9. The molecule has 2 aromatic rings. The molecule has 0 atom stereocenters. The van der Waals surface area contributed by atoms with E-state index in [9.17, 15) is 4.39 Å². The number of fused-ring (bicyclic) bond motifs is 1. The average Bonchev–Trinajstić information content (AvgIpc) is 2.91. The van der Waals surface area contributed by atoms with Gasteiger partial charge in [0.05, 0.1) is 10.7 Å². The van der Waals surface area contributed by atoms with Crippen LogP contribution in [0.4, 0.5) is 10.2 Å². The summed E-state index contributed by atoms with van der Waals surface area (Å²) < 4.78 is 13.9. The third kappa shape index (κ3) is 2.46. The standard InChI is InChI=1S/C13H12ClFN4S/c14-9-3-1-2-7(12(9)15)4-11-17-10-6-20-5-8(10)13(18-11)19-16/h1-3H,4-6,16H2,(H,17,18,19). The summed E-state index contributed by atoms with van der Waals surface area (Å²) in [5.41, 5.74) is 5.08. The lowest BCUT2D eigenvalue weighted by atomic mass is 10.1. The quantitative estimate of drug-likeness (QED) is 0.674. The molecule has 3 N–H and O–H groups in total. The lowest BCUT2D eigenvalue weighted by Gasteiger charge is -2.09. The molecule has 7 heteroatoms. The Labute approximate surface area is 124 Å². The number of nitrogens with two attached hydrogens (primary N) is 1. The summed E-state index contributed by atoms with van der Waals surface area (Å²) in [6, 6.07) is 4.92. The first-order valence-corrected chi connectivity index (χ1v) is 7.58. The largest absolute Gasteiger partial charge is 0.308 e. The van der Waals surface area contributed by atoms with Gasteiger partial charge in [-0.05, 0) is 11.6 Å². The molecule has 2 heterocycles. The van der Waals surface area contributed by atoms with Crippen molar-refractivity contribution in [3.05, 3.63) is 51.7 Å². The normalized spacial score (nSPS) is 13.3. The van der Waals surface area contributed by atoms with Crippen LogP contribution in [0.3, 0.4) is 0 Å². The predicted octanol–water partition coefficient (Wildman–Crippen LogP) is 2.89. The van der Waals surface area contributed by atoms with E-state index in [1.54, 1.807) is 23.9 Å². The van der Waals surface area contributed by atoms with Gasteiger partial charge in [0, 0.05) is 23.5 Å². The summed E-state index contributed by atoms with van der Waals surface area (Å²) >= 11 is 7.54. The molecule has 0 saturated heterocycles. The van der Waals surface area contributed by atoms with E-state index in [-0.39, 0.29) is 5.02 Å². The number of benzene rings is 1. The molecule has 1 aliphatic rings. The number of nitrogens with one attached hydrogen (secondary N) is 1. The summed E-state index contributed by atoms with van der Waals surface area (Å²) in [4.78, 5) is 8.85. The Morgan fingerprint density at radius 2 is 2.20 bits per heavy atom. The van der Waals surface area contributed by atoms with Crippen LogP contribution in [0, 0.1) is 5.82 Å². The van der Waals surface area contributed by atoms with Crippen molar-refractivity contribution in [1.82, 2.24) is 9.97 Å². The lowest BCUT2D eigenvalue weighted by Crippen LogP contribution is -2.14. The third-order valence-corrected chi connectivity index (χ3v) is 4.40. The van der Waals surface area contributed by atoms with Crippen LogP contribution in [0.2, 0.25) is 5.02 Å². The Morgan fingerprint density at radius 1 is 1.35 bits per heavy atom. The first kappa shape index (κ1) is 13.6. The minimum Gasteiger partial charge on any atom is -0.308 e. The van der Waals surface area contributed by atoms with Crippen molar-refractivity contribution in [2.45, 2.75) is 17.9 Å². The second-order valence-corrected chi connectivity index (χ2v) is 5.83. The molecule has 1 aromatic carbocycles. The fourth-order valence-corrected chi connectivity index (χ4v) is 3.39. The zero-order valence-corrected chi connectivity index (χ0v) is 12.1. The summed E-state index contributed by atoms with van der Waals surface area (Å²) in [6.07, 6.45) is 0.291. The maximum Gasteiger partial charge on any atom is 0.148 e. The molecule has 3 rings (SSSR count). The maximum atomic E-state index is 13.9. The highest BCUT2D eigenvalue weighted by Gasteiger charge is 2.20. The van der Waals surface area contributed by atoms with E-state index < -0.39 is 5.82 Å². The number of aromatic nitrogens is 2. The topological polar surface area (TPSA) is 63.8 Å². The molecule has 0 unspecified atom stereocenters. The van der Waals surface area contributed by atoms with Gasteiger partial charge >= 0.3 is 0 Å². The van der Waals surface area contributed by atoms with Gasteiger partial charge in [0.15, 0.2) is 0 Å². The summed E-state index contributed by atoms with van der Waals surface area (Å²) in [5.74, 6) is 7.92. The van der Waals surface area contributed by atoms with Crippen molar-refractivity contribution in [1.29, 1.82) is 0 Å². The molecular formula is C13H12ClFN4S. The highest BCUT2D eigenvalue weighted by molar-refractivity contribution is 7.98. The molecule has 0 radical (unpaired) electrons. The van der Waals surface area contributed by atoms with E-state index in [4.69, 9.17) is 17.4 Å². The van der Waals surface area contributed by atoms with Crippen LogP contribution in [0.15, 0.2) is 18.2 Å². The molecular weight excluding hydrogens is 299 g/mol. The molecule has 4 nitrogen and oxygen atoms in total. The summed E-state index contributed by atoms with van der Waals surface area (Å²) in [7, 11) is 0. The van der Waals surface area contributed by atoms with Gasteiger partial charge in [-0.15, -0.1) is 0 Å². The van der Waals surface area contributed by atoms with Crippen LogP contribution < -0.4 is 11.3 Å². The van der Waals surface area contributed by atoms with Crippen molar-refractivity contribution in [3.63, 3.8) is 0 Å². The molecule has 0 fully saturated rings. The van der Waals surface area contributed by atoms with Crippen LogP contribution in [0.5, 0.6) is 0 Å². The first-order valence-electron chi connectivity index (χ1n) is 6.05. The molecule has 0 bridgehead atoms. The SMILES string of the molecule is NNc1nc(Cc2cccc(Cl)c2F)nc2c1CSC2. The number of hydrogen-bond donors (Lipinski definition) is 2. The van der Waals surface area contributed by atoms with Crippen molar-refractivity contribution in [3.8, 4) is 0 Å². The Hall–Kier alpha value is -1.37. The zero-order valence-electron chi connectivity index (χ0n) is 10.5. The fraction of sp³-hybridized carbons (Fsp3) is 0.231. The van der Waals surface area contributed by atoms with Gasteiger partial charge < -0.3 is 5.43 Å². The van der Waals surface area contributed by atoms with E-state index in [2.05, 4.69) is 15.4 Å². The van der Waals surface area contributed by atoms with Crippen LogP contribution in [0.1, 0.15) is 22.6 Å². The lowest BCUT2D eigenvalue weighted by molar-refractivity contribution is 0.612. The van der Waals surface area contributed by atoms with E-state index in [1.807, 2.05) is 0 Å². The first-order chi connectivity index (χ1) is 9.69. The average molecular weight is 311 g/mol. The number of thioether (sulfide) groups is 1. The Kier molecular flexibility index (Phi) is 3.78. The molecule has 0 saturated carbocycles. The fourth-order valence-electron chi connectivity index (χ4n) is 2.16. The molecule has 0 aliphatic carbocycles. The predicted molar refractivity (Wildman–Crippen MR) is 79.1 cm³/mol. The minimum atomic E-state index is -0.421. The van der Waals surface area contributed by atoms with Gasteiger partial charge in [-0.3, -0.25) is 0 Å². The molecule has 1 aliphatic heterocycles. The molecule has 20 heavy (non-hydrogen) atoms. The molecule has 1 aromatic heterocycles. The number of hydrogen-bond acceptors (Lipinski definition) is 5. The van der Waals surface area contributed by atoms with Gasteiger partial charge in [0.2, 0.25) is 0 Å². The van der Waals surface area contributed by atoms with Crippen LogP contribution in [-0.2, 0) is 17.9 Å². The van der Waals surface area contributed by atoms with Crippen molar-refractivity contribution >= 4 is 29.2 Å². The van der Waals surface area contributed by atoms with Gasteiger partial charge in [-0.2, -0.15) is 11.8 Å². The van der Waals surface area contributed by atoms with Gasteiger partial charge in [-0.1, -0.05) is 23.7 Å². The smallest absolute Gasteiger partial charge is 0.148 e. The van der Waals surface area contributed by atoms with E-state index in [0.717, 1.165) is 22.8 Å². The molecule has 104 valence electrons. The van der Waals surface area contributed by atoms with E-state index >= 15 is 0 Å². The van der Waals surface area contributed by atoms with Gasteiger partial charge in [0.1, 0.15) is 17.5 Å². The second-order valence-electron chi connectivity index (χ2n) is 4.44. The third-order valence-electron chi connectivity index (χ3n) is 3.14. The number of hydrazine groups is 1. The Balaban J connectivity index is 1.97. The van der Waals surface area contributed by atoms with Crippen LogP contribution >= 0.6 is 23.4 Å². The van der Waals surface area contributed by atoms with Crippen LogP contribution in [0.25, 0.3) is 0 Å². The monoisotopic (exact) mass is 310 g/mol. The van der Waals surface area contributed by atoms with Crippen molar-refractivity contribution in [2.75, 3.05) is 5.43 Å². The molecule has 0 spiro atoms. The number of rotatable bonds is 3.